The highest BCUT2D eigenvalue weighted by atomic mass is 16.2. The number of benzene rings is 2. The number of rotatable bonds is 9. The lowest BCUT2D eigenvalue weighted by molar-refractivity contribution is -0.136. The fourth-order valence-electron chi connectivity index (χ4n) is 4.50. The molecule has 3 N–H and O–H groups in total. The minimum absolute atomic E-state index is 0.176. The van der Waals surface area contributed by atoms with Crippen LogP contribution < -0.4 is 16.0 Å². The van der Waals surface area contributed by atoms with E-state index in [-0.39, 0.29) is 17.7 Å². The Labute approximate surface area is 201 Å². The molecule has 3 atom stereocenters. The summed E-state index contributed by atoms with van der Waals surface area (Å²) in [7, 11) is 1.68. The summed E-state index contributed by atoms with van der Waals surface area (Å²) in [4.78, 5) is 45.4. The van der Waals surface area contributed by atoms with Crippen LogP contribution in [-0.2, 0) is 14.4 Å². The molecule has 180 valence electrons. The fourth-order valence-corrected chi connectivity index (χ4v) is 4.50. The molecule has 3 amide bonds. The number of nitrogens with zero attached hydrogens (tertiary/aromatic N) is 2. The average molecular weight is 463 g/mol. The minimum Gasteiger partial charge on any atom is -0.369 e. The van der Waals surface area contributed by atoms with Gasteiger partial charge in [-0.15, -0.1) is 0 Å². The third-order valence-corrected chi connectivity index (χ3v) is 6.18. The summed E-state index contributed by atoms with van der Waals surface area (Å²) >= 11 is 0. The zero-order valence-electron chi connectivity index (χ0n) is 20.3. The first-order chi connectivity index (χ1) is 16.2. The Bertz CT molecular complexity index is 1060. The van der Waals surface area contributed by atoms with Crippen LogP contribution in [0.4, 0.5) is 5.69 Å². The quantitative estimate of drug-likeness (QED) is 0.596. The maximum Gasteiger partial charge on any atom is 0.272 e. The summed E-state index contributed by atoms with van der Waals surface area (Å²) in [6, 6.07) is 17.1. The largest absolute Gasteiger partial charge is 0.369 e. The molecule has 3 rings (SSSR count). The predicted molar refractivity (Wildman–Crippen MR) is 134 cm³/mol. The van der Waals surface area contributed by atoms with Crippen molar-refractivity contribution in [1.29, 1.82) is 0 Å². The van der Waals surface area contributed by atoms with Crippen LogP contribution in [0.5, 0.6) is 0 Å². The molecule has 2 unspecified atom stereocenters. The molecule has 0 radical (unpaired) electrons. The van der Waals surface area contributed by atoms with Crippen molar-refractivity contribution >= 4 is 29.1 Å². The van der Waals surface area contributed by atoms with Crippen LogP contribution >= 0.6 is 0 Å². The van der Waals surface area contributed by atoms with E-state index in [1.807, 2.05) is 75.4 Å². The SMILES string of the molecule is CCCC(C(N)=O)C(CC(C)C)C(=O)N[C@@H]1N=C(c2ccccc2)c2ccccc2N(C)C1=O. The summed E-state index contributed by atoms with van der Waals surface area (Å²) in [5, 5.41) is 2.85. The van der Waals surface area contributed by atoms with Crippen LogP contribution in [0.2, 0.25) is 0 Å². The number of nitrogens with two attached hydrogens (primary N) is 1. The molecular formula is C27H34N4O3. The van der Waals surface area contributed by atoms with E-state index < -0.39 is 23.9 Å². The molecule has 7 heteroatoms. The molecule has 7 nitrogen and oxygen atoms in total. The van der Waals surface area contributed by atoms with Gasteiger partial charge in [-0.05, 0) is 24.8 Å². The maximum atomic E-state index is 13.5. The summed E-state index contributed by atoms with van der Waals surface area (Å²) < 4.78 is 0. The molecule has 34 heavy (non-hydrogen) atoms. The smallest absolute Gasteiger partial charge is 0.272 e. The van der Waals surface area contributed by atoms with E-state index in [2.05, 4.69) is 5.32 Å². The topological polar surface area (TPSA) is 105 Å². The van der Waals surface area contributed by atoms with Gasteiger partial charge < -0.3 is 16.0 Å². The van der Waals surface area contributed by atoms with Gasteiger partial charge >= 0.3 is 0 Å². The van der Waals surface area contributed by atoms with Gasteiger partial charge in [-0.3, -0.25) is 14.4 Å². The number of amides is 3. The van der Waals surface area contributed by atoms with Gasteiger partial charge in [-0.1, -0.05) is 75.7 Å². The van der Waals surface area contributed by atoms with E-state index in [1.54, 1.807) is 7.05 Å². The second kappa shape index (κ2) is 11.1. The highest BCUT2D eigenvalue weighted by Crippen LogP contribution is 2.29. The fraction of sp³-hybridized carbons (Fsp3) is 0.407. The Morgan fingerprint density at radius 3 is 2.32 bits per heavy atom. The number of primary amides is 1. The van der Waals surface area contributed by atoms with E-state index in [1.165, 1.54) is 4.90 Å². The van der Waals surface area contributed by atoms with Crippen molar-refractivity contribution in [3.63, 3.8) is 0 Å². The number of likely N-dealkylation sites (N-methyl/N-ethyl adjacent to an activating group) is 1. The van der Waals surface area contributed by atoms with Crippen molar-refractivity contribution in [1.82, 2.24) is 5.32 Å². The molecule has 2 aromatic carbocycles. The number of para-hydroxylation sites is 1. The van der Waals surface area contributed by atoms with Gasteiger partial charge in [0.05, 0.1) is 11.4 Å². The molecule has 0 fully saturated rings. The van der Waals surface area contributed by atoms with Gasteiger partial charge in [-0.2, -0.15) is 0 Å². The molecule has 0 spiro atoms. The molecule has 0 aliphatic carbocycles. The number of hydrogen-bond acceptors (Lipinski definition) is 4. The van der Waals surface area contributed by atoms with Gasteiger partial charge in [0, 0.05) is 30.0 Å². The Kier molecular flexibility index (Phi) is 8.21. The second-order valence-corrected chi connectivity index (χ2v) is 9.20. The molecule has 0 bridgehead atoms. The monoisotopic (exact) mass is 462 g/mol. The van der Waals surface area contributed by atoms with Crippen molar-refractivity contribution in [2.45, 2.75) is 46.2 Å². The third kappa shape index (κ3) is 5.53. The predicted octanol–water partition coefficient (Wildman–Crippen LogP) is 3.51. The van der Waals surface area contributed by atoms with Gasteiger partial charge in [0.25, 0.3) is 5.91 Å². The Balaban J connectivity index is 2.02. The first kappa shape index (κ1) is 25.1. The molecule has 1 aliphatic heterocycles. The zero-order chi connectivity index (χ0) is 24.8. The lowest BCUT2D eigenvalue weighted by Gasteiger charge is -2.27. The Morgan fingerprint density at radius 1 is 1.06 bits per heavy atom. The van der Waals surface area contributed by atoms with Crippen molar-refractivity contribution in [3.8, 4) is 0 Å². The standard InChI is InChI=1S/C27H34N4O3/c1-5-11-19(24(28)32)21(16-17(2)3)26(33)30-25-27(34)31(4)22-15-10-9-14-20(22)23(29-25)18-12-7-6-8-13-18/h6-10,12-15,17,19,21,25H,5,11,16H2,1-4H3,(H2,28,32)(H,30,33)/t19?,21?,25-/m0/s1. The Hall–Kier alpha value is -3.48. The number of hydrogen-bond donors (Lipinski definition) is 2. The van der Waals surface area contributed by atoms with Gasteiger partial charge in [0.15, 0.2) is 0 Å². The zero-order valence-corrected chi connectivity index (χ0v) is 20.3. The first-order valence-corrected chi connectivity index (χ1v) is 11.8. The summed E-state index contributed by atoms with van der Waals surface area (Å²) in [6.45, 7) is 5.95. The number of carbonyl (C=O) groups is 3. The van der Waals surface area contributed by atoms with Crippen molar-refractivity contribution in [2.24, 2.45) is 28.5 Å². The molecule has 1 heterocycles. The molecule has 0 saturated carbocycles. The minimum atomic E-state index is -1.12. The molecule has 0 aromatic heterocycles. The lowest BCUT2D eigenvalue weighted by Crippen LogP contribution is -2.50. The van der Waals surface area contributed by atoms with E-state index in [0.29, 0.717) is 24.2 Å². The normalized spacial score (nSPS) is 17.4. The van der Waals surface area contributed by atoms with Crippen LogP contribution in [0.3, 0.4) is 0 Å². The maximum absolute atomic E-state index is 13.5. The number of nitrogens with one attached hydrogen (secondary N) is 1. The van der Waals surface area contributed by atoms with Crippen LogP contribution in [0.1, 0.15) is 51.2 Å². The molecule has 1 aliphatic rings. The Morgan fingerprint density at radius 2 is 1.71 bits per heavy atom. The lowest BCUT2D eigenvalue weighted by atomic mass is 9.81. The number of aliphatic imine (C=N–C) groups is 1. The van der Waals surface area contributed by atoms with Crippen molar-refractivity contribution in [2.75, 3.05) is 11.9 Å². The van der Waals surface area contributed by atoms with Crippen LogP contribution in [0.15, 0.2) is 59.6 Å². The van der Waals surface area contributed by atoms with Crippen LogP contribution in [0, 0.1) is 17.8 Å². The number of carbonyl (C=O) groups excluding carboxylic acids is 3. The number of benzodiazepines with no additional fused rings is 1. The van der Waals surface area contributed by atoms with Crippen molar-refractivity contribution in [3.05, 3.63) is 65.7 Å². The highest BCUT2D eigenvalue weighted by molar-refractivity contribution is 6.20. The summed E-state index contributed by atoms with van der Waals surface area (Å²) in [5.74, 6) is -2.26. The van der Waals surface area contributed by atoms with E-state index >= 15 is 0 Å². The average Bonchev–Trinajstić information content (AvgIpc) is 2.92. The van der Waals surface area contributed by atoms with Gasteiger partial charge in [-0.25, -0.2) is 4.99 Å². The van der Waals surface area contributed by atoms with E-state index in [0.717, 1.165) is 17.5 Å². The van der Waals surface area contributed by atoms with E-state index in [9.17, 15) is 14.4 Å². The summed E-state index contributed by atoms with van der Waals surface area (Å²) in [5.41, 5.74) is 8.67. The van der Waals surface area contributed by atoms with Crippen LogP contribution in [-0.4, -0.2) is 36.6 Å². The third-order valence-electron chi connectivity index (χ3n) is 6.18. The van der Waals surface area contributed by atoms with Crippen molar-refractivity contribution < 1.29 is 14.4 Å². The number of anilines is 1. The number of fused-ring (bicyclic) bond motifs is 1. The molecule has 2 aromatic rings. The van der Waals surface area contributed by atoms with E-state index in [4.69, 9.17) is 10.7 Å². The van der Waals surface area contributed by atoms with Gasteiger partial charge in [0.2, 0.25) is 18.0 Å². The molecule has 0 saturated heterocycles. The van der Waals surface area contributed by atoms with Gasteiger partial charge in [0.1, 0.15) is 0 Å². The van der Waals surface area contributed by atoms with Crippen LogP contribution in [0.25, 0.3) is 0 Å². The highest BCUT2D eigenvalue weighted by Gasteiger charge is 2.36. The molecular weight excluding hydrogens is 428 g/mol. The summed E-state index contributed by atoms with van der Waals surface area (Å²) in [6.07, 6.45) is 0.616. The second-order valence-electron chi connectivity index (χ2n) is 9.20. The first-order valence-electron chi connectivity index (χ1n) is 11.8.